The molecule has 1 aromatic rings. The van der Waals surface area contributed by atoms with Crippen molar-refractivity contribution in [1.29, 1.82) is 5.41 Å². The summed E-state index contributed by atoms with van der Waals surface area (Å²) < 4.78 is 0. The van der Waals surface area contributed by atoms with Crippen molar-refractivity contribution in [2.45, 2.75) is 33.2 Å². The molecule has 0 radical (unpaired) electrons. The SMILES string of the molecule is CC1CC(C)C(C)N(c2ncccc2C(=N)N)C1. The number of hydrogen-bond donors (Lipinski definition) is 2. The highest BCUT2D eigenvalue weighted by molar-refractivity contribution is 5.99. The fourth-order valence-corrected chi connectivity index (χ4v) is 2.83. The van der Waals surface area contributed by atoms with Crippen molar-refractivity contribution >= 4 is 11.7 Å². The lowest BCUT2D eigenvalue weighted by atomic mass is 9.86. The van der Waals surface area contributed by atoms with E-state index in [0.29, 0.717) is 17.9 Å². The smallest absolute Gasteiger partial charge is 0.139 e. The van der Waals surface area contributed by atoms with Crippen molar-refractivity contribution in [3.8, 4) is 0 Å². The molecule has 0 aromatic carbocycles. The minimum Gasteiger partial charge on any atom is -0.384 e. The van der Waals surface area contributed by atoms with Gasteiger partial charge in [0.05, 0.1) is 5.56 Å². The van der Waals surface area contributed by atoms with Gasteiger partial charge < -0.3 is 10.6 Å². The van der Waals surface area contributed by atoms with Gasteiger partial charge in [-0.05, 0) is 37.3 Å². The molecule has 0 spiro atoms. The van der Waals surface area contributed by atoms with E-state index in [1.807, 2.05) is 12.1 Å². The zero-order valence-electron chi connectivity index (χ0n) is 11.4. The van der Waals surface area contributed by atoms with Crippen LogP contribution in [-0.4, -0.2) is 23.4 Å². The molecule has 18 heavy (non-hydrogen) atoms. The third kappa shape index (κ3) is 2.33. The summed E-state index contributed by atoms with van der Waals surface area (Å²) in [7, 11) is 0. The van der Waals surface area contributed by atoms with Gasteiger partial charge in [0.1, 0.15) is 11.7 Å². The summed E-state index contributed by atoms with van der Waals surface area (Å²) in [6.45, 7) is 7.77. The molecule has 0 aliphatic carbocycles. The number of nitrogens with zero attached hydrogens (tertiary/aromatic N) is 2. The van der Waals surface area contributed by atoms with Crippen LogP contribution in [0.4, 0.5) is 5.82 Å². The molecule has 1 fully saturated rings. The van der Waals surface area contributed by atoms with Gasteiger partial charge >= 0.3 is 0 Å². The van der Waals surface area contributed by atoms with Gasteiger partial charge in [-0.25, -0.2) is 4.98 Å². The van der Waals surface area contributed by atoms with Crippen LogP contribution in [0.3, 0.4) is 0 Å². The predicted molar refractivity (Wildman–Crippen MR) is 75.0 cm³/mol. The molecular weight excluding hydrogens is 224 g/mol. The fraction of sp³-hybridized carbons (Fsp3) is 0.571. The number of amidine groups is 1. The van der Waals surface area contributed by atoms with Crippen LogP contribution in [0.1, 0.15) is 32.8 Å². The molecule has 0 bridgehead atoms. The molecule has 0 saturated carbocycles. The number of aromatic nitrogens is 1. The van der Waals surface area contributed by atoms with Gasteiger partial charge in [0.2, 0.25) is 0 Å². The lowest BCUT2D eigenvalue weighted by Gasteiger charge is -2.42. The lowest BCUT2D eigenvalue weighted by molar-refractivity contribution is 0.295. The second-order valence-corrected chi connectivity index (χ2v) is 5.50. The molecule has 98 valence electrons. The summed E-state index contributed by atoms with van der Waals surface area (Å²) in [5, 5.41) is 7.67. The number of pyridine rings is 1. The average molecular weight is 246 g/mol. The van der Waals surface area contributed by atoms with Crippen LogP contribution in [0.15, 0.2) is 18.3 Å². The predicted octanol–water partition coefficient (Wildman–Crippen LogP) is 2.24. The number of rotatable bonds is 2. The van der Waals surface area contributed by atoms with E-state index in [0.717, 1.165) is 17.9 Å². The van der Waals surface area contributed by atoms with E-state index in [4.69, 9.17) is 11.1 Å². The minimum absolute atomic E-state index is 0.0937. The normalized spacial score (nSPS) is 28.2. The van der Waals surface area contributed by atoms with Crippen LogP contribution in [-0.2, 0) is 0 Å². The number of hydrogen-bond acceptors (Lipinski definition) is 3. The number of nitrogen functional groups attached to an aromatic ring is 1. The first-order chi connectivity index (χ1) is 8.50. The van der Waals surface area contributed by atoms with E-state index < -0.39 is 0 Å². The van der Waals surface area contributed by atoms with Crippen molar-refractivity contribution in [3.05, 3.63) is 23.9 Å². The highest BCUT2D eigenvalue weighted by Crippen LogP contribution is 2.31. The molecule has 4 nitrogen and oxygen atoms in total. The first-order valence-electron chi connectivity index (χ1n) is 6.56. The molecule has 1 aliphatic heterocycles. The van der Waals surface area contributed by atoms with Gasteiger partial charge in [-0.2, -0.15) is 0 Å². The minimum atomic E-state index is 0.0937. The van der Waals surface area contributed by atoms with Crippen LogP contribution < -0.4 is 10.6 Å². The summed E-state index contributed by atoms with van der Waals surface area (Å²) in [5.74, 6) is 2.24. The van der Waals surface area contributed by atoms with E-state index in [2.05, 4.69) is 30.7 Å². The van der Waals surface area contributed by atoms with E-state index in [9.17, 15) is 0 Å². The maximum absolute atomic E-state index is 7.67. The van der Waals surface area contributed by atoms with Crippen molar-refractivity contribution in [3.63, 3.8) is 0 Å². The largest absolute Gasteiger partial charge is 0.384 e. The Labute approximate surface area is 109 Å². The number of anilines is 1. The molecule has 3 N–H and O–H groups in total. The maximum atomic E-state index is 7.67. The number of nitrogens with two attached hydrogens (primary N) is 1. The first-order valence-corrected chi connectivity index (χ1v) is 6.56. The van der Waals surface area contributed by atoms with E-state index in [1.54, 1.807) is 6.20 Å². The van der Waals surface area contributed by atoms with Gasteiger partial charge in [0.15, 0.2) is 0 Å². The first kappa shape index (κ1) is 12.9. The van der Waals surface area contributed by atoms with E-state index >= 15 is 0 Å². The van der Waals surface area contributed by atoms with E-state index in [-0.39, 0.29) is 5.84 Å². The zero-order chi connectivity index (χ0) is 13.3. The number of piperidine rings is 1. The highest BCUT2D eigenvalue weighted by atomic mass is 15.2. The number of nitrogens with one attached hydrogen (secondary N) is 1. The lowest BCUT2D eigenvalue weighted by Crippen LogP contribution is -2.47. The molecule has 3 unspecified atom stereocenters. The summed E-state index contributed by atoms with van der Waals surface area (Å²) >= 11 is 0. The Morgan fingerprint density at radius 3 is 2.83 bits per heavy atom. The Bertz CT molecular complexity index is 443. The van der Waals surface area contributed by atoms with Crippen LogP contribution in [0, 0.1) is 17.2 Å². The highest BCUT2D eigenvalue weighted by Gasteiger charge is 2.30. The molecule has 1 aromatic heterocycles. The Kier molecular flexibility index (Phi) is 3.55. The van der Waals surface area contributed by atoms with E-state index in [1.165, 1.54) is 6.42 Å². The van der Waals surface area contributed by atoms with Crippen LogP contribution in [0.5, 0.6) is 0 Å². The van der Waals surface area contributed by atoms with Gasteiger partial charge in [-0.15, -0.1) is 0 Å². The molecule has 1 saturated heterocycles. The Morgan fingerprint density at radius 1 is 1.44 bits per heavy atom. The monoisotopic (exact) mass is 246 g/mol. The molecular formula is C14H22N4. The van der Waals surface area contributed by atoms with Gasteiger partial charge in [0.25, 0.3) is 0 Å². The Balaban J connectivity index is 2.38. The fourth-order valence-electron chi connectivity index (χ4n) is 2.83. The summed E-state index contributed by atoms with van der Waals surface area (Å²) in [6, 6.07) is 4.15. The quantitative estimate of drug-likeness (QED) is 0.621. The summed E-state index contributed by atoms with van der Waals surface area (Å²) in [6.07, 6.45) is 3.03. The van der Waals surface area contributed by atoms with Gasteiger partial charge in [-0.3, -0.25) is 5.41 Å². The topological polar surface area (TPSA) is 66.0 Å². The van der Waals surface area contributed by atoms with Crippen LogP contribution in [0.25, 0.3) is 0 Å². The molecule has 2 heterocycles. The van der Waals surface area contributed by atoms with Crippen molar-refractivity contribution < 1.29 is 0 Å². The molecule has 3 atom stereocenters. The molecule has 2 rings (SSSR count). The van der Waals surface area contributed by atoms with Crippen molar-refractivity contribution in [2.24, 2.45) is 17.6 Å². The Morgan fingerprint density at radius 2 is 2.17 bits per heavy atom. The second-order valence-electron chi connectivity index (χ2n) is 5.50. The third-order valence-corrected chi connectivity index (χ3v) is 3.95. The summed E-state index contributed by atoms with van der Waals surface area (Å²) in [5.41, 5.74) is 6.39. The maximum Gasteiger partial charge on any atom is 0.139 e. The van der Waals surface area contributed by atoms with Crippen molar-refractivity contribution in [1.82, 2.24) is 4.98 Å². The average Bonchev–Trinajstić information content (AvgIpc) is 2.33. The third-order valence-electron chi connectivity index (χ3n) is 3.95. The van der Waals surface area contributed by atoms with Crippen molar-refractivity contribution in [2.75, 3.05) is 11.4 Å². The summed E-state index contributed by atoms with van der Waals surface area (Å²) in [4.78, 5) is 6.75. The molecule has 4 heteroatoms. The molecule has 0 amide bonds. The molecule has 1 aliphatic rings. The van der Waals surface area contributed by atoms with Crippen LogP contribution >= 0.6 is 0 Å². The van der Waals surface area contributed by atoms with Crippen LogP contribution in [0.2, 0.25) is 0 Å². The van der Waals surface area contributed by atoms with Gasteiger partial charge in [-0.1, -0.05) is 13.8 Å². The Hall–Kier alpha value is -1.58. The standard InChI is InChI=1S/C14H22N4/c1-9-7-10(2)11(3)18(8-9)14-12(13(15)16)5-4-6-17-14/h4-6,9-11H,7-8H2,1-3H3,(H3,15,16). The van der Waals surface area contributed by atoms with Gasteiger partial charge in [0, 0.05) is 18.8 Å². The zero-order valence-corrected chi connectivity index (χ0v) is 11.4. The second kappa shape index (κ2) is 4.96.